The van der Waals surface area contributed by atoms with E-state index < -0.39 is 10.1 Å². The summed E-state index contributed by atoms with van der Waals surface area (Å²) in [7, 11) is -4.27. The van der Waals surface area contributed by atoms with Gasteiger partial charge in [-0.1, -0.05) is 30.3 Å². The lowest BCUT2D eigenvalue weighted by molar-refractivity contribution is 0.477. The molecular weight excluding hydrogens is 328 g/mol. The normalized spacial score (nSPS) is 12.1. The van der Waals surface area contributed by atoms with Gasteiger partial charge in [-0.3, -0.25) is 4.55 Å². The number of aryl methyl sites for hydroxylation is 1. The van der Waals surface area contributed by atoms with Crippen LogP contribution in [0.5, 0.6) is 5.75 Å². The summed E-state index contributed by atoms with van der Waals surface area (Å²) in [5, 5.41) is 19.9. The minimum atomic E-state index is -4.27. The number of fused-ring (bicyclic) bond motifs is 1. The topological polar surface area (TPSA) is 99.3 Å². The van der Waals surface area contributed by atoms with E-state index in [1.807, 2.05) is 24.3 Å². The molecular formula is C17H14N2O4S. The molecule has 0 unspecified atom stereocenters. The van der Waals surface area contributed by atoms with Crippen molar-refractivity contribution in [1.82, 2.24) is 0 Å². The van der Waals surface area contributed by atoms with Crippen molar-refractivity contribution in [2.75, 3.05) is 0 Å². The SMILES string of the molecule is Cc1cc(N=Nc2c(O)ccc3ccccc23)ccc1S(=O)(=O)O. The van der Waals surface area contributed by atoms with Crippen LogP contribution in [0.25, 0.3) is 10.8 Å². The quantitative estimate of drug-likeness (QED) is 0.540. The summed E-state index contributed by atoms with van der Waals surface area (Å²) < 4.78 is 31.5. The van der Waals surface area contributed by atoms with Crippen LogP contribution in [-0.2, 0) is 10.1 Å². The largest absolute Gasteiger partial charge is 0.506 e. The molecule has 0 heterocycles. The van der Waals surface area contributed by atoms with Crippen molar-refractivity contribution in [2.45, 2.75) is 11.8 Å². The zero-order chi connectivity index (χ0) is 17.3. The predicted octanol–water partition coefficient (Wildman–Crippen LogP) is 4.52. The Kier molecular flexibility index (Phi) is 4.04. The molecule has 7 heteroatoms. The average molecular weight is 342 g/mol. The third-order valence-corrected chi connectivity index (χ3v) is 4.60. The van der Waals surface area contributed by atoms with E-state index in [4.69, 9.17) is 4.55 Å². The van der Waals surface area contributed by atoms with E-state index in [1.165, 1.54) is 18.2 Å². The maximum absolute atomic E-state index is 11.2. The number of phenolic OH excluding ortho intramolecular Hbond substituents is 1. The molecule has 0 aliphatic carbocycles. The van der Waals surface area contributed by atoms with Crippen molar-refractivity contribution in [3.8, 4) is 5.75 Å². The molecule has 0 aliphatic rings. The van der Waals surface area contributed by atoms with Crippen LogP contribution in [0.15, 0.2) is 69.7 Å². The fourth-order valence-corrected chi connectivity index (χ4v) is 3.15. The highest BCUT2D eigenvalue weighted by atomic mass is 32.2. The first-order chi connectivity index (χ1) is 11.4. The van der Waals surface area contributed by atoms with Crippen LogP contribution >= 0.6 is 0 Å². The molecule has 3 rings (SSSR count). The lowest BCUT2D eigenvalue weighted by atomic mass is 10.1. The van der Waals surface area contributed by atoms with Gasteiger partial charge in [-0.25, -0.2) is 0 Å². The fraction of sp³-hybridized carbons (Fsp3) is 0.0588. The second kappa shape index (κ2) is 6.03. The Morgan fingerprint density at radius 2 is 1.71 bits per heavy atom. The molecule has 6 nitrogen and oxygen atoms in total. The molecule has 122 valence electrons. The van der Waals surface area contributed by atoms with Gasteiger partial charge in [0, 0.05) is 5.39 Å². The summed E-state index contributed by atoms with van der Waals surface area (Å²) in [6, 6.07) is 15.0. The van der Waals surface area contributed by atoms with Crippen molar-refractivity contribution < 1.29 is 18.1 Å². The molecule has 0 aliphatic heterocycles. The molecule has 0 aromatic heterocycles. The third kappa shape index (κ3) is 3.12. The summed E-state index contributed by atoms with van der Waals surface area (Å²) >= 11 is 0. The molecule has 0 saturated heterocycles. The van der Waals surface area contributed by atoms with Gasteiger partial charge in [0.1, 0.15) is 11.4 Å². The predicted molar refractivity (Wildman–Crippen MR) is 90.8 cm³/mol. The van der Waals surface area contributed by atoms with E-state index in [2.05, 4.69) is 10.2 Å². The minimum absolute atomic E-state index is 0.00345. The zero-order valence-corrected chi connectivity index (χ0v) is 13.5. The van der Waals surface area contributed by atoms with Gasteiger partial charge in [0.2, 0.25) is 0 Å². The summed E-state index contributed by atoms with van der Waals surface area (Å²) in [5.74, 6) is 0.00345. The molecule has 3 aromatic rings. The number of benzene rings is 3. The smallest absolute Gasteiger partial charge is 0.294 e. The highest BCUT2D eigenvalue weighted by Crippen LogP contribution is 2.36. The molecule has 0 saturated carbocycles. The summed E-state index contributed by atoms with van der Waals surface area (Å²) in [6.45, 7) is 1.55. The molecule has 0 spiro atoms. The Morgan fingerprint density at radius 3 is 2.42 bits per heavy atom. The first-order valence-corrected chi connectivity index (χ1v) is 8.51. The molecule has 0 amide bonds. The van der Waals surface area contributed by atoms with E-state index in [0.717, 1.165) is 10.8 Å². The number of hydrogen-bond donors (Lipinski definition) is 2. The van der Waals surface area contributed by atoms with Crippen molar-refractivity contribution in [2.24, 2.45) is 10.2 Å². The van der Waals surface area contributed by atoms with E-state index in [1.54, 1.807) is 19.1 Å². The number of aromatic hydroxyl groups is 1. The maximum atomic E-state index is 11.2. The minimum Gasteiger partial charge on any atom is -0.506 e. The number of nitrogens with zero attached hydrogens (tertiary/aromatic N) is 2. The number of rotatable bonds is 3. The van der Waals surface area contributed by atoms with E-state index in [9.17, 15) is 13.5 Å². The van der Waals surface area contributed by atoms with Gasteiger partial charge in [-0.05, 0) is 42.1 Å². The fourth-order valence-electron chi connectivity index (χ4n) is 2.44. The molecule has 0 bridgehead atoms. The van der Waals surface area contributed by atoms with Gasteiger partial charge in [-0.2, -0.15) is 13.5 Å². The average Bonchev–Trinajstić information content (AvgIpc) is 2.53. The van der Waals surface area contributed by atoms with Crippen LogP contribution < -0.4 is 0 Å². The summed E-state index contributed by atoms with van der Waals surface area (Å²) in [4.78, 5) is -0.172. The van der Waals surface area contributed by atoms with Crippen molar-refractivity contribution in [3.63, 3.8) is 0 Å². The van der Waals surface area contributed by atoms with Gasteiger partial charge in [0.25, 0.3) is 10.1 Å². The van der Waals surface area contributed by atoms with Crippen LogP contribution in [0.3, 0.4) is 0 Å². The first kappa shape index (κ1) is 16.1. The Hall–Kier alpha value is -2.77. The Bertz CT molecular complexity index is 1060. The number of phenols is 1. The zero-order valence-electron chi connectivity index (χ0n) is 12.7. The van der Waals surface area contributed by atoms with Gasteiger partial charge in [0.05, 0.1) is 10.6 Å². The highest BCUT2D eigenvalue weighted by molar-refractivity contribution is 7.85. The van der Waals surface area contributed by atoms with Crippen LogP contribution in [0.2, 0.25) is 0 Å². The van der Waals surface area contributed by atoms with Crippen LogP contribution in [0.4, 0.5) is 11.4 Å². The number of hydrogen-bond acceptors (Lipinski definition) is 5. The van der Waals surface area contributed by atoms with Gasteiger partial charge < -0.3 is 5.11 Å². The summed E-state index contributed by atoms with van der Waals surface area (Å²) in [6.07, 6.45) is 0. The molecule has 0 atom stereocenters. The monoisotopic (exact) mass is 342 g/mol. The summed E-state index contributed by atoms with van der Waals surface area (Å²) in [5.41, 5.74) is 1.10. The van der Waals surface area contributed by atoms with Crippen molar-refractivity contribution in [3.05, 3.63) is 60.2 Å². The first-order valence-electron chi connectivity index (χ1n) is 7.07. The highest BCUT2D eigenvalue weighted by Gasteiger charge is 2.13. The van der Waals surface area contributed by atoms with Crippen LogP contribution in [-0.4, -0.2) is 18.1 Å². The van der Waals surface area contributed by atoms with Gasteiger partial charge >= 0.3 is 0 Å². The molecule has 2 N–H and O–H groups in total. The Labute approximate surface area is 138 Å². The lowest BCUT2D eigenvalue weighted by Crippen LogP contribution is -2.00. The second-order valence-electron chi connectivity index (χ2n) is 5.28. The van der Waals surface area contributed by atoms with Crippen LogP contribution in [0.1, 0.15) is 5.56 Å². The maximum Gasteiger partial charge on any atom is 0.294 e. The molecule has 0 fully saturated rings. The van der Waals surface area contributed by atoms with Gasteiger partial charge in [0.15, 0.2) is 0 Å². The number of azo groups is 1. The second-order valence-corrected chi connectivity index (χ2v) is 6.67. The van der Waals surface area contributed by atoms with Gasteiger partial charge in [-0.15, -0.1) is 5.11 Å². The molecule has 24 heavy (non-hydrogen) atoms. The third-order valence-electron chi connectivity index (χ3n) is 3.58. The van der Waals surface area contributed by atoms with Crippen molar-refractivity contribution in [1.29, 1.82) is 0 Å². The van der Waals surface area contributed by atoms with E-state index in [-0.39, 0.29) is 10.6 Å². The Balaban J connectivity index is 2.03. The van der Waals surface area contributed by atoms with E-state index in [0.29, 0.717) is 16.9 Å². The van der Waals surface area contributed by atoms with Crippen LogP contribution in [0, 0.1) is 6.92 Å². The molecule has 3 aromatic carbocycles. The standard InChI is InChI=1S/C17H14N2O4S/c1-11-10-13(7-9-16(11)24(21,22)23)18-19-17-14-5-3-2-4-12(14)6-8-15(17)20/h2-10,20H,1H3,(H,21,22,23). The van der Waals surface area contributed by atoms with E-state index >= 15 is 0 Å². The van der Waals surface area contributed by atoms with Crippen molar-refractivity contribution >= 4 is 32.3 Å². The lowest BCUT2D eigenvalue weighted by Gasteiger charge is -2.04. The Morgan fingerprint density at radius 1 is 0.958 bits per heavy atom. The molecule has 0 radical (unpaired) electrons.